The Hall–Kier alpha value is -2.14. The highest BCUT2D eigenvalue weighted by Crippen LogP contribution is 2.26. The Morgan fingerprint density at radius 3 is 2.59 bits per heavy atom. The zero-order valence-corrected chi connectivity index (χ0v) is 12.8. The molecule has 1 fully saturated rings. The molecule has 3 rings (SSSR count). The standard InChI is InChI=1S/C17H21N3O2/c1-13-12-15(19-22-13)18-17(21)16(14-8-4-2-5-9-14)20-10-6-3-7-11-20/h2,4-5,8-9,12,16H,3,6-7,10-11H2,1H3,(H,18,19,21)/t16-/m1/s1. The molecule has 22 heavy (non-hydrogen) atoms. The molecule has 1 atom stereocenters. The minimum Gasteiger partial charge on any atom is -0.360 e. The number of nitrogens with zero attached hydrogens (tertiary/aromatic N) is 2. The van der Waals surface area contributed by atoms with Crippen LogP contribution in [0.1, 0.15) is 36.6 Å². The molecule has 0 radical (unpaired) electrons. The van der Waals surface area contributed by atoms with Crippen LogP contribution in [0.25, 0.3) is 0 Å². The fourth-order valence-corrected chi connectivity index (χ4v) is 2.96. The lowest BCUT2D eigenvalue weighted by Gasteiger charge is -2.33. The van der Waals surface area contributed by atoms with Gasteiger partial charge in [-0.15, -0.1) is 0 Å². The number of aryl methyl sites for hydroxylation is 1. The van der Waals surface area contributed by atoms with Crippen LogP contribution in [-0.2, 0) is 4.79 Å². The van der Waals surface area contributed by atoms with E-state index in [1.807, 2.05) is 37.3 Å². The summed E-state index contributed by atoms with van der Waals surface area (Å²) in [6, 6.07) is 11.4. The summed E-state index contributed by atoms with van der Waals surface area (Å²) in [7, 11) is 0. The zero-order chi connectivity index (χ0) is 15.4. The van der Waals surface area contributed by atoms with Crippen molar-refractivity contribution in [3.8, 4) is 0 Å². The Bertz CT molecular complexity index is 618. The molecule has 1 amide bonds. The number of hydrogen-bond donors (Lipinski definition) is 1. The average Bonchev–Trinajstić information content (AvgIpc) is 2.95. The van der Waals surface area contributed by atoms with Crippen molar-refractivity contribution in [3.63, 3.8) is 0 Å². The molecular formula is C17H21N3O2. The van der Waals surface area contributed by atoms with E-state index >= 15 is 0 Å². The number of rotatable bonds is 4. The molecule has 0 unspecified atom stereocenters. The maximum atomic E-state index is 12.8. The third-order valence-electron chi connectivity index (χ3n) is 4.00. The van der Waals surface area contributed by atoms with Gasteiger partial charge in [-0.2, -0.15) is 0 Å². The van der Waals surface area contributed by atoms with Crippen LogP contribution in [0.5, 0.6) is 0 Å². The lowest BCUT2D eigenvalue weighted by Crippen LogP contribution is -2.40. The van der Waals surface area contributed by atoms with E-state index in [2.05, 4.69) is 15.4 Å². The van der Waals surface area contributed by atoms with Gasteiger partial charge in [-0.1, -0.05) is 41.9 Å². The largest absolute Gasteiger partial charge is 0.360 e. The molecule has 116 valence electrons. The minimum absolute atomic E-state index is 0.0543. The van der Waals surface area contributed by atoms with Gasteiger partial charge in [-0.25, -0.2) is 0 Å². The Balaban J connectivity index is 1.82. The molecule has 0 spiro atoms. The SMILES string of the molecule is Cc1cc(NC(=O)[C@@H](c2ccccc2)N2CCCCC2)no1. The van der Waals surface area contributed by atoms with Crippen LogP contribution in [0.3, 0.4) is 0 Å². The monoisotopic (exact) mass is 299 g/mol. The van der Waals surface area contributed by atoms with Gasteiger partial charge in [0, 0.05) is 6.07 Å². The summed E-state index contributed by atoms with van der Waals surface area (Å²) < 4.78 is 5.02. The number of likely N-dealkylation sites (tertiary alicyclic amines) is 1. The van der Waals surface area contributed by atoms with Crippen molar-refractivity contribution >= 4 is 11.7 Å². The number of aromatic nitrogens is 1. The molecule has 0 aliphatic carbocycles. The number of carbonyl (C=O) groups excluding carboxylic acids is 1. The van der Waals surface area contributed by atoms with Crippen molar-refractivity contribution in [3.05, 3.63) is 47.7 Å². The molecule has 1 aliphatic heterocycles. The quantitative estimate of drug-likeness (QED) is 0.942. The van der Waals surface area contributed by atoms with E-state index in [1.165, 1.54) is 6.42 Å². The van der Waals surface area contributed by atoms with Crippen molar-refractivity contribution in [2.45, 2.75) is 32.2 Å². The number of nitrogens with one attached hydrogen (secondary N) is 1. The highest BCUT2D eigenvalue weighted by atomic mass is 16.5. The van der Waals surface area contributed by atoms with Crippen LogP contribution in [0.2, 0.25) is 0 Å². The predicted octanol–water partition coefficient (Wildman–Crippen LogP) is 3.15. The van der Waals surface area contributed by atoms with Gasteiger partial charge in [0.1, 0.15) is 11.8 Å². The molecule has 1 saturated heterocycles. The highest BCUT2D eigenvalue weighted by molar-refractivity contribution is 5.94. The smallest absolute Gasteiger partial charge is 0.247 e. The summed E-state index contributed by atoms with van der Waals surface area (Å²) in [6.45, 7) is 3.71. The first-order chi connectivity index (χ1) is 10.7. The number of carbonyl (C=O) groups is 1. The van der Waals surface area contributed by atoms with E-state index in [-0.39, 0.29) is 11.9 Å². The van der Waals surface area contributed by atoms with Crippen LogP contribution >= 0.6 is 0 Å². The van der Waals surface area contributed by atoms with Crippen LogP contribution in [0.15, 0.2) is 40.9 Å². The van der Waals surface area contributed by atoms with Gasteiger partial charge in [-0.3, -0.25) is 9.69 Å². The number of anilines is 1. The number of piperidine rings is 1. The number of benzene rings is 1. The van der Waals surface area contributed by atoms with Crippen molar-refractivity contribution in [2.75, 3.05) is 18.4 Å². The molecule has 1 aliphatic rings. The van der Waals surface area contributed by atoms with Crippen LogP contribution < -0.4 is 5.32 Å². The molecule has 0 bridgehead atoms. The summed E-state index contributed by atoms with van der Waals surface area (Å²) in [5.41, 5.74) is 1.02. The van der Waals surface area contributed by atoms with Crippen molar-refractivity contribution in [1.29, 1.82) is 0 Å². The fourth-order valence-electron chi connectivity index (χ4n) is 2.96. The lowest BCUT2D eigenvalue weighted by atomic mass is 10.0. The molecule has 0 saturated carbocycles. The maximum Gasteiger partial charge on any atom is 0.247 e. The van der Waals surface area contributed by atoms with Gasteiger partial charge in [0.25, 0.3) is 0 Å². The Kier molecular flexibility index (Phi) is 4.53. The minimum atomic E-state index is -0.279. The van der Waals surface area contributed by atoms with Gasteiger partial charge >= 0.3 is 0 Å². The summed E-state index contributed by atoms with van der Waals surface area (Å²) in [5, 5.41) is 6.72. The zero-order valence-electron chi connectivity index (χ0n) is 12.8. The molecule has 2 aromatic rings. The van der Waals surface area contributed by atoms with Crippen LogP contribution in [-0.4, -0.2) is 29.1 Å². The van der Waals surface area contributed by atoms with E-state index in [9.17, 15) is 4.79 Å². The number of amides is 1. The molecule has 1 N–H and O–H groups in total. The van der Waals surface area contributed by atoms with E-state index < -0.39 is 0 Å². The summed E-state index contributed by atoms with van der Waals surface area (Å²) in [5.74, 6) is 1.10. The van der Waals surface area contributed by atoms with Crippen molar-refractivity contribution in [2.24, 2.45) is 0 Å². The molecule has 2 heterocycles. The highest BCUT2D eigenvalue weighted by Gasteiger charge is 2.29. The first-order valence-electron chi connectivity index (χ1n) is 7.77. The molecular weight excluding hydrogens is 278 g/mol. The third kappa shape index (κ3) is 3.36. The van der Waals surface area contributed by atoms with E-state index in [1.54, 1.807) is 6.07 Å². The van der Waals surface area contributed by atoms with Gasteiger partial charge in [0.05, 0.1) is 0 Å². The van der Waals surface area contributed by atoms with Gasteiger partial charge in [0.2, 0.25) is 5.91 Å². The van der Waals surface area contributed by atoms with Gasteiger partial charge in [-0.05, 0) is 38.4 Å². The Morgan fingerprint density at radius 1 is 1.23 bits per heavy atom. The van der Waals surface area contributed by atoms with Crippen molar-refractivity contribution < 1.29 is 9.32 Å². The maximum absolute atomic E-state index is 12.8. The summed E-state index contributed by atoms with van der Waals surface area (Å²) in [6.07, 6.45) is 3.52. The predicted molar refractivity (Wildman–Crippen MR) is 84.5 cm³/mol. The molecule has 1 aromatic carbocycles. The lowest BCUT2D eigenvalue weighted by molar-refractivity contribution is -0.122. The second-order valence-corrected chi connectivity index (χ2v) is 5.72. The number of hydrogen-bond acceptors (Lipinski definition) is 4. The second-order valence-electron chi connectivity index (χ2n) is 5.72. The van der Waals surface area contributed by atoms with Gasteiger partial charge < -0.3 is 9.84 Å². The van der Waals surface area contributed by atoms with Crippen LogP contribution in [0, 0.1) is 6.92 Å². The van der Waals surface area contributed by atoms with Gasteiger partial charge in [0.15, 0.2) is 5.82 Å². The first-order valence-corrected chi connectivity index (χ1v) is 7.77. The van der Waals surface area contributed by atoms with E-state index in [0.717, 1.165) is 31.5 Å². The molecule has 1 aromatic heterocycles. The fraction of sp³-hybridized carbons (Fsp3) is 0.412. The average molecular weight is 299 g/mol. The molecule has 5 heteroatoms. The van der Waals surface area contributed by atoms with E-state index in [0.29, 0.717) is 11.6 Å². The summed E-state index contributed by atoms with van der Waals surface area (Å²) in [4.78, 5) is 15.0. The Morgan fingerprint density at radius 2 is 1.95 bits per heavy atom. The Labute approximate surface area is 130 Å². The third-order valence-corrected chi connectivity index (χ3v) is 4.00. The first kappa shape index (κ1) is 14.8. The van der Waals surface area contributed by atoms with E-state index in [4.69, 9.17) is 4.52 Å². The van der Waals surface area contributed by atoms with Crippen LogP contribution in [0.4, 0.5) is 5.82 Å². The second kappa shape index (κ2) is 6.75. The topological polar surface area (TPSA) is 58.4 Å². The summed E-state index contributed by atoms with van der Waals surface area (Å²) >= 11 is 0. The molecule has 5 nitrogen and oxygen atoms in total. The normalized spacial score (nSPS) is 17.1. The van der Waals surface area contributed by atoms with Crippen molar-refractivity contribution in [1.82, 2.24) is 10.1 Å².